The minimum absolute atomic E-state index is 0.0263. The number of carbonyl (C=O) groups excluding carboxylic acids is 1. The molecule has 0 spiro atoms. The summed E-state index contributed by atoms with van der Waals surface area (Å²) < 4.78 is 1.70. The van der Waals surface area contributed by atoms with Gasteiger partial charge < -0.3 is 5.32 Å². The molecule has 1 fully saturated rings. The Balaban J connectivity index is 1.77. The average Bonchev–Trinajstić information content (AvgIpc) is 2.91. The fourth-order valence-corrected chi connectivity index (χ4v) is 2.85. The van der Waals surface area contributed by atoms with E-state index in [1.807, 2.05) is 25.1 Å². The zero-order chi connectivity index (χ0) is 14.7. The van der Waals surface area contributed by atoms with E-state index < -0.39 is 0 Å². The van der Waals surface area contributed by atoms with Gasteiger partial charge in [0.15, 0.2) is 5.82 Å². The standard InChI is InChI=1S/C16H20N4O/c1-12-14(16(21)19-13-7-3-2-4-8-13)11-18-20(12)15-9-5-6-10-17-15/h5-6,9-11,13H,2-4,7-8H2,1H3,(H,19,21). The maximum atomic E-state index is 12.4. The fourth-order valence-electron chi connectivity index (χ4n) is 2.85. The van der Waals surface area contributed by atoms with Crippen molar-refractivity contribution in [3.63, 3.8) is 0 Å². The number of nitrogens with one attached hydrogen (secondary N) is 1. The van der Waals surface area contributed by atoms with Crippen LogP contribution in [0.3, 0.4) is 0 Å². The lowest BCUT2D eigenvalue weighted by molar-refractivity contribution is 0.0927. The van der Waals surface area contributed by atoms with Crippen molar-refractivity contribution >= 4 is 5.91 Å². The molecule has 0 aromatic carbocycles. The summed E-state index contributed by atoms with van der Waals surface area (Å²) in [5.41, 5.74) is 1.45. The SMILES string of the molecule is Cc1c(C(=O)NC2CCCCC2)cnn1-c1ccccn1. The average molecular weight is 284 g/mol. The third kappa shape index (κ3) is 2.96. The molecule has 0 unspecified atom stereocenters. The van der Waals surface area contributed by atoms with E-state index in [0.717, 1.165) is 24.4 Å². The molecule has 1 aliphatic rings. The summed E-state index contributed by atoms with van der Waals surface area (Å²) in [4.78, 5) is 16.7. The maximum absolute atomic E-state index is 12.4. The Morgan fingerprint density at radius 2 is 2.10 bits per heavy atom. The molecule has 1 saturated carbocycles. The van der Waals surface area contributed by atoms with E-state index in [1.165, 1.54) is 19.3 Å². The first-order valence-electron chi connectivity index (χ1n) is 7.52. The largest absolute Gasteiger partial charge is 0.349 e. The molecule has 3 rings (SSSR count). The van der Waals surface area contributed by atoms with Gasteiger partial charge in [0, 0.05) is 12.2 Å². The van der Waals surface area contributed by atoms with Crippen LogP contribution in [-0.4, -0.2) is 26.7 Å². The van der Waals surface area contributed by atoms with Gasteiger partial charge in [-0.25, -0.2) is 9.67 Å². The summed E-state index contributed by atoms with van der Waals surface area (Å²) in [5, 5.41) is 7.42. The molecule has 5 nitrogen and oxygen atoms in total. The molecule has 110 valence electrons. The molecule has 21 heavy (non-hydrogen) atoms. The molecule has 2 heterocycles. The van der Waals surface area contributed by atoms with Gasteiger partial charge in [-0.2, -0.15) is 5.10 Å². The van der Waals surface area contributed by atoms with Crippen molar-refractivity contribution < 1.29 is 4.79 Å². The smallest absolute Gasteiger partial charge is 0.254 e. The molecule has 0 saturated heterocycles. The van der Waals surface area contributed by atoms with Crippen LogP contribution in [-0.2, 0) is 0 Å². The normalized spacial score (nSPS) is 15.9. The summed E-state index contributed by atoms with van der Waals surface area (Å²) in [6, 6.07) is 5.96. The highest BCUT2D eigenvalue weighted by molar-refractivity contribution is 5.95. The van der Waals surface area contributed by atoms with Crippen LogP contribution in [0.4, 0.5) is 0 Å². The predicted molar refractivity (Wildman–Crippen MR) is 80.4 cm³/mol. The Labute approximate surface area is 124 Å². The molecule has 0 bridgehead atoms. The lowest BCUT2D eigenvalue weighted by atomic mass is 9.95. The van der Waals surface area contributed by atoms with Crippen LogP contribution in [0.1, 0.15) is 48.2 Å². The van der Waals surface area contributed by atoms with Crippen LogP contribution in [0, 0.1) is 6.92 Å². The van der Waals surface area contributed by atoms with Gasteiger partial charge in [-0.3, -0.25) is 4.79 Å². The molecule has 5 heteroatoms. The van der Waals surface area contributed by atoms with Crippen molar-refractivity contribution in [1.82, 2.24) is 20.1 Å². The Morgan fingerprint density at radius 3 is 2.81 bits per heavy atom. The van der Waals surface area contributed by atoms with E-state index >= 15 is 0 Å². The van der Waals surface area contributed by atoms with Gasteiger partial charge in [0.1, 0.15) is 0 Å². The molecule has 2 aromatic heterocycles. The first-order valence-corrected chi connectivity index (χ1v) is 7.52. The van der Waals surface area contributed by atoms with Gasteiger partial charge in [0.2, 0.25) is 0 Å². The van der Waals surface area contributed by atoms with Gasteiger partial charge in [-0.1, -0.05) is 25.3 Å². The van der Waals surface area contributed by atoms with E-state index in [1.54, 1.807) is 17.1 Å². The molecule has 0 radical (unpaired) electrons. The third-order valence-corrected chi connectivity index (χ3v) is 4.06. The van der Waals surface area contributed by atoms with E-state index in [4.69, 9.17) is 0 Å². The van der Waals surface area contributed by atoms with E-state index in [-0.39, 0.29) is 5.91 Å². The molecule has 2 aromatic rings. The van der Waals surface area contributed by atoms with Crippen molar-refractivity contribution in [2.24, 2.45) is 0 Å². The predicted octanol–water partition coefficient (Wildman–Crippen LogP) is 2.64. The van der Waals surface area contributed by atoms with E-state index in [0.29, 0.717) is 11.6 Å². The molecule has 1 amide bonds. The van der Waals surface area contributed by atoms with Crippen LogP contribution in [0.5, 0.6) is 0 Å². The Hall–Kier alpha value is -2.17. The summed E-state index contributed by atoms with van der Waals surface area (Å²) in [6.07, 6.45) is 9.20. The van der Waals surface area contributed by atoms with Gasteiger partial charge >= 0.3 is 0 Å². The van der Waals surface area contributed by atoms with Crippen LogP contribution in [0.25, 0.3) is 5.82 Å². The second-order valence-electron chi connectivity index (χ2n) is 5.55. The number of rotatable bonds is 3. The lowest BCUT2D eigenvalue weighted by Gasteiger charge is -2.22. The highest BCUT2D eigenvalue weighted by Gasteiger charge is 2.20. The molecule has 0 atom stereocenters. The lowest BCUT2D eigenvalue weighted by Crippen LogP contribution is -2.36. The first kappa shape index (κ1) is 13.8. The molecular weight excluding hydrogens is 264 g/mol. The van der Waals surface area contributed by atoms with Crippen LogP contribution in [0.15, 0.2) is 30.6 Å². The molecule has 1 aliphatic carbocycles. The van der Waals surface area contributed by atoms with Crippen LogP contribution >= 0.6 is 0 Å². The minimum Gasteiger partial charge on any atom is -0.349 e. The summed E-state index contributed by atoms with van der Waals surface area (Å²) in [5.74, 6) is 0.702. The second kappa shape index (κ2) is 6.08. The van der Waals surface area contributed by atoms with Crippen molar-refractivity contribution in [2.75, 3.05) is 0 Å². The first-order chi connectivity index (χ1) is 10.3. The topological polar surface area (TPSA) is 59.8 Å². The van der Waals surface area contributed by atoms with Crippen LogP contribution < -0.4 is 5.32 Å². The van der Waals surface area contributed by atoms with Crippen LogP contribution in [0.2, 0.25) is 0 Å². The monoisotopic (exact) mass is 284 g/mol. The number of nitrogens with zero attached hydrogens (tertiary/aromatic N) is 3. The third-order valence-electron chi connectivity index (χ3n) is 4.06. The van der Waals surface area contributed by atoms with E-state index in [2.05, 4.69) is 15.4 Å². The number of pyridine rings is 1. The van der Waals surface area contributed by atoms with Crippen molar-refractivity contribution in [1.29, 1.82) is 0 Å². The molecule has 1 N–H and O–H groups in total. The van der Waals surface area contributed by atoms with Crippen molar-refractivity contribution in [3.05, 3.63) is 41.9 Å². The van der Waals surface area contributed by atoms with Gasteiger partial charge in [0.25, 0.3) is 5.91 Å². The number of hydrogen-bond donors (Lipinski definition) is 1. The number of carbonyl (C=O) groups is 1. The number of hydrogen-bond acceptors (Lipinski definition) is 3. The Kier molecular flexibility index (Phi) is 3.99. The summed E-state index contributed by atoms with van der Waals surface area (Å²) in [6.45, 7) is 1.90. The zero-order valence-corrected chi connectivity index (χ0v) is 12.2. The minimum atomic E-state index is -0.0263. The molecular formula is C16H20N4O. The number of amides is 1. The maximum Gasteiger partial charge on any atom is 0.254 e. The Bertz CT molecular complexity index is 614. The van der Waals surface area contributed by atoms with Gasteiger partial charge in [-0.15, -0.1) is 0 Å². The van der Waals surface area contributed by atoms with Crippen molar-refractivity contribution in [2.45, 2.75) is 45.1 Å². The zero-order valence-electron chi connectivity index (χ0n) is 12.2. The van der Waals surface area contributed by atoms with Crippen molar-refractivity contribution in [3.8, 4) is 5.82 Å². The highest BCUT2D eigenvalue weighted by atomic mass is 16.1. The quantitative estimate of drug-likeness (QED) is 0.942. The Morgan fingerprint density at radius 1 is 1.29 bits per heavy atom. The second-order valence-corrected chi connectivity index (χ2v) is 5.55. The number of aromatic nitrogens is 3. The molecule has 0 aliphatic heterocycles. The van der Waals surface area contributed by atoms with Gasteiger partial charge in [-0.05, 0) is 31.9 Å². The summed E-state index contributed by atoms with van der Waals surface area (Å²) in [7, 11) is 0. The van der Waals surface area contributed by atoms with E-state index in [9.17, 15) is 4.79 Å². The highest BCUT2D eigenvalue weighted by Crippen LogP contribution is 2.18. The summed E-state index contributed by atoms with van der Waals surface area (Å²) >= 11 is 0. The fraction of sp³-hybridized carbons (Fsp3) is 0.438. The van der Waals surface area contributed by atoms with Gasteiger partial charge in [0.05, 0.1) is 17.5 Å².